The lowest BCUT2D eigenvalue weighted by molar-refractivity contribution is 1.14. The molecule has 9 aromatic rings. The largest absolute Gasteiger partial charge is 0.308 e. The molecule has 0 atom stereocenters. The number of aromatic nitrogens is 3. The standard InChI is InChI=1S/C44H30N4S/c1-3-24-45-35(4-2)37-26-29(27-38(47-37)36-22-12-13-25-46-36)48-39-23-11-10-19-33(39)40-31-17-8-9-18-32(31)44-41(42(40)48)34-21-14-20-30(43(34)49-44)28-15-6-5-7-16-28/h3-27H,1H2,2H3/b35-4-,45-24?. The van der Waals surface area contributed by atoms with Gasteiger partial charge < -0.3 is 4.57 Å². The predicted octanol–water partition coefficient (Wildman–Crippen LogP) is 12.0. The Hall–Kier alpha value is -6.17. The maximum absolute atomic E-state index is 5.11. The molecule has 4 nitrogen and oxygen atoms in total. The minimum atomic E-state index is 0.767. The molecule has 5 heteroatoms. The quantitative estimate of drug-likeness (QED) is 0.169. The van der Waals surface area contributed by atoms with E-state index in [0.29, 0.717) is 0 Å². The minimum Gasteiger partial charge on any atom is -0.308 e. The number of nitrogens with zero attached hydrogens (tertiary/aromatic N) is 4. The Balaban J connectivity index is 1.49. The smallest absolute Gasteiger partial charge is 0.0915 e. The highest BCUT2D eigenvalue weighted by Gasteiger charge is 2.23. The average molecular weight is 647 g/mol. The Morgan fingerprint density at radius 1 is 0.714 bits per heavy atom. The first kappa shape index (κ1) is 29.0. The molecule has 0 aliphatic heterocycles. The minimum absolute atomic E-state index is 0.767. The van der Waals surface area contributed by atoms with E-state index in [2.05, 4.69) is 120 Å². The van der Waals surface area contributed by atoms with Crippen LogP contribution in [0.25, 0.3) is 86.6 Å². The summed E-state index contributed by atoms with van der Waals surface area (Å²) in [5.41, 5.74) is 8.91. The van der Waals surface area contributed by atoms with Crippen molar-refractivity contribution in [2.45, 2.75) is 6.92 Å². The topological polar surface area (TPSA) is 43.1 Å². The van der Waals surface area contributed by atoms with Gasteiger partial charge in [0.1, 0.15) is 0 Å². The van der Waals surface area contributed by atoms with Crippen LogP contribution in [0.15, 0.2) is 157 Å². The van der Waals surface area contributed by atoms with Crippen molar-refractivity contribution in [3.63, 3.8) is 0 Å². The fourth-order valence-electron chi connectivity index (χ4n) is 7.15. The molecule has 4 aromatic heterocycles. The fraction of sp³-hybridized carbons (Fsp3) is 0.0227. The number of pyridine rings is 2. The molecule has 0 saturated heterocycles. The Morgan fingerprint density at radius 3 is 2.27 bits per heavy atom. The summed E-state index contributed by atoms with van der Waals surface area (Å²) in [4.78, 5) is 14.5. The Morgan fingerprint density at radius 2 is 1.47 bits per heavy atom. The third kappa shape index (κ3) is 4.62. The van der Waals surface area contributed by atoms with Crippen LogP contribution in [0.5, 0.6) is 0 Å². The van der Waals surface area contributed by atoms with Crippen LogP contribution in [-0.2, 0) is 0 Å². The molecule has 0 saturated carbocycles. The van der Waals surface area contributed by atoms with E-state index in [0.717, 1.165) is 34.0 Å². The number of hydrogen-bond donors (Lipinski definition) is 0. The van der Waals surface area contributed by atoms with Crippen LogP contribution in [0.4, 0.5) is 0 Å². The summed E-state index contributed by atoms with van der Waals surface area (Å²) >= 11 is 1.89. The van der Waals surface area contributed by atoms with Crippen molar-refractivity contribution < 1.29 is 0 Å². The van der Waals surface area contributed by atoms with Gasteiger partial charge in [0.25, 0.3) is 0 Å². The highest BCUT2D eigenvalue weighted by Crippen LogP contribution is 2.49. The zero-order valence-electron chi connectivity index (χ0n) is 26.8. The normalized spacial score (nSPS) is 12.3. The Bertz CT molecular complexity index is 2790. The lowest BCUT2D eigenvalue weighted by Crippen LogP contribution is -2.00. The molecule has 0 spiro atoms. The number of rotatable bonds is 6. The molecule has 0 unspecified atom stereocenters. The lowest BCUT2D eigenvalue weighted by Gasteiger charge is -2.14. The van der Waals surface area contributed by atoms with Gasteiger partial charge in [0.2, 0.25) is 0 Å². The summed E-state index contributed by atoms with van der Waals surface area (Å²) in [6, 6.07) is 45.3. The monoisotopic (exact) mass is 646 g/mol. The van der Waals surface area contributed by atoms with Gasteiger partial charge in [-0.15, -0.1) is 11.3 Å². The lowest BCUT2D eigenvalue weighted by atomic mass is 9.98. The summed E-state index contributed by atoms with van der Waals surface area (Å²) < 4.78 is 5.01. The summed E-state index contributed by atoms with van der Waals surface area (Å²) in [5, 5.41) is 7.49. The fourth-order valence-corrected chi connectivity index (χ4v) is 8.53. The Labute approximate surface area is 287 Å². The number of allylic oxidation sites excluding steroid dienone is 2. The number of benzene rings is 5. The molecule has 0 bridgehead atoms. The molecule has 0 radical (unpaired) electrons. The second kappa shape index (κ2) is 11.8. The van der Waals surface area contributed by atoms with E-state index in [1.807, 2.05) is 48.7 Å². The van der Waals surface area contributed by atoms with E-state index in [-0.39, 0.29) is 0 Å². The summed E-state index contributed by atoms with van der Waals surface area (Å²) in [6.45, 7) is 5.83. The molecule has 9 rings (SSSR count). The number of para-hydroxylation sites is 1. The SMILES string of the molecule is C=CC=N/C(=C\C)c1cc(-n2c3ccccc3c3c4ccccc4c4sc5c(-c6ccccc6)cccc5c4c32)cc(-c2ccccn2)n1. The predicted molar refractivity (Wildman–Crippen MR) is 210 cm³/mol. The van der Waals surface area contributed by atoms with Gasteiger partial charge in [-0.1, -0.05) is 116 Å². The van der Waals surface area contributed by atoms with E-state index in [4.69, 9.17) is 15.0 Å². The maximum Gasteiger partial charge on any atom is 0.0915 e. The van der Waals surface area contributed by atoms with Crippen molar-refractivity contribution >= 4 is 76.0 Å². The van der Waals surface area contributed by atoms with E-state index >= 15 is 0 Å². The van der Waals surface area contributed by atoms with E-state index < -0.39 is 0 Å². The summed E-state index contributed by atoms with van der Waals surface area (Å²) in [6.07, 6.45) is 7.20. The number of hydrogen-bond acceptors (Lipinski definition) is 4. The molecular formula is C44H30N4S. The van der Waals surface area contributed by atoms with Crippen LogP contribution >= 0.6 is 11.3 Å². The van der Waals surface area contributed by atoms with Gasteiger partial charge in [0.15, 0.2) is 0 Å². The van der Waals surface area contributed by atoms with Crippen LogP contribution in [0.3, 0.4) is 0 Å². The molecule has 0 fully saturated rings. The summed E-state index contributed by atoms with van der Waals surface area (Å²) in [7, 11) is 0. The molecular weight excluding hydrogens is 617 g/mol. The molecule has 49 heavy (non-hydrogen) atoms. The van der Waals surface area contributed by atoms with Crippen LogP contribution in [0.2, 0.25) is 0 Å². The molecule has 4 heterocycles. The van der Waals surface area contributed by atoms with Crippen molar-refractivity contribution in [1.29, 1.82) is 0 Å². The van der Waals surface area contributed by atoms with Gasteiger partial charge >= 0.3 is 0 Å². The van der Waals surface area contributed by atoms with E-state index in [1.165, 1.54) is 58.4 Å². The molecule has 5 aromatic carbocycles. The number of aliphatic imine (C=N–C) groups is 1. The molecule has 0 aliphatic carbocycles. The first-order valence-corrected chi connectivity index (χ1v) is 17.2. The van der Waals surface area contributed by atoms with Gasteiger partial charge in [-0.3, -0.25) is 9.98 Å². The van der Waals surface area contributed by atoms with Crippen LogP contribution in [0, 0.1) is 0 Å². The van der Waals surface area contributed by atoms with Crippen LogP contribution in [-0.4, -0.2) is 20.7 Å². The van der Waals surface area contributed by atoms with Gasteiger partial charge in [-0.2, -0.15) is 0 Å². The second-order valence-corrected chi connectivity index (χ2v) is 13.0. The van der Waals surface area contributed by atoms with Gasteiger partial charge in [-0.25, -0.2) is 4.98 Å². The third-order valence-corrected chi connectivity index (χ3v) is 10.5. The zero-order chi connectivity index (χ0) is 32.9. The third-order valence-electron chi connectivity index (χ3n) is 9.20. The van der Waals surface area contributed by atoms with E-state index in [9.17, 15) is 0 Å². The molecule has 0 aliphatic rings. The maximum atomic E-state index is 5.11. The van der Waals surface area contributed by atoms with Crippen molar-refractivity contribution in [3.8, 4) is 28.2 Å². The highest BCUT2D eigenvalue weighted by atomic mass is 32.1. The zero-order valence-corrected chi connectivity index (χ0v) is 27.7. The van der Waals surface area contributed by atoms with Crippen LogP contribution < -0.4 is 0 Å². The first-order valence-electron chi connectivity index (χ1n) is 16.4. The van der Waals surface area contributed by atoms with Crippen molar-refractivity contribution in [2.75, 3.05) is 0 Å². The number of fused-ring (bicyclic) bond motifs is 10. The van der Waals surface area contributed by atoms with Crippen molar-refractivity contribution in [2.24, 2.45) is 4.99 Å². The van der Waals surface area contributed by atoms with Crippen LogP contribution in [0.1, 0.15) is 12.6 Å². The number of thiophene rings is 1. The average Bonchev–Trinajstić information content (AvgIpc) is 3.73. The molecule has 0 N–H and O–H groups in total. The first-order chi connectivity index (χ1) is 24.2. The highest BCUT2D eigenvalue weighted by molar-refractivity contribution is 7.27. The van der Waals surface area contributed by atoms with Crippen molar-refractivity contribution in [3.05, 3.63) is 158 Å². The summed E-state index contributed by atoms with van der Waals surface area (Å²) in [5.74, 6) is 0. The van der Waals surface area contributed by atoms with E-state index in [1.54, 1.807) is 12.3 Å². The molecule has 0 amide bonds. The molecule has 232 valence electrons. The second-order valence-electron chi connectivity index (χ2n) is 12.0. The van der Waals surface area contributed by atoms with Gasteiger partial charge in [0.05, 0.1) is 39.5 Å². The Kier molecular flexibility index (Phi) is 6.99. The van der Waals surface area contributed by atoms with Crippen molar-refractivity contribution in [1.82, 2.24) is 14.5 Å². The van der Waals surface area contributed by atoms with Gasteiger partial charge in [-0.05, 0) is 53.8 Å². The van der Waals surface area contributed by atoms with Gasteiger partial charge in [0, 0.05) is 48.7 Å².